The van der Waals surface area contributed by atoms with Crippen molar-refractivity contribution in [3.63, 3.8) is 0 Å². The molecule has 0 rings (SSSR count). The van der Waals surface area contributed by atoms with Gasteiger partial charge < -0.3 is 0 Å². The van der Waals surface area contributed by atoms with Crippen molar-refractivity contribution >= 4 is 41.7 Å². The number of rotatable bonds is 10. The molecule has 0 aliphatic carbocycles. The van der Waals surface area contributed by atoms with E-state index in [1.807, 2.05) is 0 Å². The van der Waals surface area contributed by atoms with E-state index in [1.165, 1.54) is 51.8 Å². The van der Waals surface area contributed by atoms with Gasteiger partial charge in [-0.1, -0.05) is 0 Å². The van der Waals surface area contributed by atoms with Gasteiger partial charge in [-0.2, -0.15) is 0 Å². The van der Waals surface area contributed by atoms with Crippen LogP contribution in [-0.4, -0.2) is 41.7 Å². The molecule has 0 aromatic rings. The van der Waals surface area contributed by atoms with Crippen molar-refractivity contribution in [3.05, 3.63) is 0 Å². The molecule has 1 nitrogen and oxygen atoms in total. The van der Waals surface area contributed by atoms with Gasteiger partial charge in [0, 0.05) is 0 Å². The van der Waals surface area contributed by atoms with Crippen LogP contribution in [0.4, 0.5) is 0 Å². The summed E-state index contributed by atoms with van der Waals surface area (Å²) in [4.78, 5) is 0. The Balaban J connectivity index is 4.16. The molecular formula is C12H28OSn2. The number of hydrogen-bond acceptors (Lipinski definition) is 1. The second-order valence-corrected chi connectivity index (χ2v) is 20.8. The zero-order valence-electron chi connectivity index (χ0n) is 10.8. The van der Waals surface area contributed by atoms with Crippen molar-refractivity contribution in [2.45, 2.75) is 72.6 Å². The Morgan fingerprint density at radius 1 is 0.800 bits per heavy atom. The molecular weight excluding hydrogens is 398 g/mol. The summed E-state index contributed by atoms with van der Waals surface area (Å²) in [7, 11) is 0. The van der Waals surface area contributed by atoms with Gasteiger partial charge in [0.1, 0.15) is 0 Å². The fourth-order valence-corrected chi connectivity index (χ4v) is 20.5. The van der Waals surface area contributed by atoms with Crippen LogP contribution >= 0.6 is 0 Å². The standard InChI is InChI=1S/3C4H9.O.2Sn.H/c3*1-3-4-2;;;;/h3*1,3-4H2,2H3;;;;. The van der Waals surface area contributed by atoms with E-state index in [0.717, 1.165) is 22.9 Å². The molecule has 0 saturated heterocycles. The zero-order chi connectivity index (χ0) is 11.6. The van der Waals surface area contributed by atoms with Crippen LogP contribution in [0, 0.1) is 0 Å². The van der Waals surface area contributed by atoms with E-state index in [0.29, 0.717) is 0 Å². The van der Waals surface area contributed by atoms with Crippen LogP contribution < -0.4 is 0 Å². The van der Waals surface area contributed by atoms with E-state index in [4.69, 9.17) is 1.41 Å². The third-order valence-electron chi connectivity index (χ3n) is 3.21. The van der Waals surface area contributed by atoms with Gasteiger partial charge in [-0.15, -0.1) is 0 Å². The van der Waals surface area contributed by atoms with Crippen molar-refractivity contribution in [2.75, 3.05) is 0 Å². The van der Waals surface area contributed by atoms with Gasteiger partial charge in [-0.25, -0.2) is 0 Å². The minimum atomic E-state index is -2.06. The molecule has 0 spiro atoms. The van der Waals surface area contributed by atoms with E-state index < -0.39 is 18.8 Å². The predicted molar refractivity (Wildman–Crippen MR) is 73.1 cm³/mol. The molecule has 0 heterocycles. The molecule has 0 aliphatic rings. The van der Waals surface area contributed by atoms with E-state index >= 15 is 0 Å². The van der Waals surface area contributed by atoms with Crippen LogP contribution in [0.25, 0.3) is 0 Å². The van der Waals surface area contributed by atoms with Gasteiger partial charge in [-0.05, 0) is 0 Å². The van der Waals surface area contributed by atoms with Crippen molar-refractivity contribution in [1.29, 1.82) is 0 Å². The molecule has 0 saturated carbocycles. The molecule has 2 radical (unpaired) electrons. The molecule has 90 valence electrons. The van der Waals surface area contributed by atoms with Gasteiger partial charge in [0.2, 0.25) is 0 Å². The summed E-state index contributed by atoms with van der Waals surface area (Å²) in [5.74, 6) is 0. The van der Waals surface area contributed by atoms with E-state index in [-0.39, 0.29) is 0 Å². The first-order chi connectivity index (χ1) is 7.24. The molecule has 0 fully saturated rings. The SMILES string of the molecule is CCC[CH2][Sn]([CH2]CCC)([CH2]CCC)[O][SnH]. The molecule has 3 heteroatoms. The van der Waals surface area contributed by atoms with E-state index in [2.05, 4.69) is 20.8 Å². The summed E-state index contributed by atoms with van der Waals surface area (Å²) in [6, 6.07) is 0. The number of hydrogen-bond donors (Lipinski definition) is 0. The van der Waals surface area contributed by atoms with E-state index in [9.17, 15) is 0 Å². The third kappa shape index (κ3) is 7.48. The maximum absolute atomic E-state index is 6.18. The molecule has 0 atom stereocenters. The Morgan fingerprint density at radius 3 is 1.33 bits per heavy atom. The summed E-state index contributed by atoms with van der Waals surface area (Å²) in [6.07, 6.45) is 8.31. The summed E-state index contributed by atoms with van der Waals surface area (Å²) in [5.41, 5.74) is 0. The van der Waals surface area contributed by atoms with Crippen LogP contribution in [0.3, 0.4) is 0 Å². The Morgan fingerprint density at radius 2 is 1.13 bits per heavy atom. The van der Waals surface area contributed by atoms with Gasteiger partial charge >= 0.3 is 116 Å². The molecule has 0 aliphatic heterocycles. The molecule has 0 N–H and O–H groups in total. The Labute approximate surface area is 115 Å². The fourth-order valence-electron chi connectivity index (χ4n) is 2.05. The Kier molecular flexibility index (Phi) is 11.8. The second kappa shape index (κ2) is 10.7. The summed E-state index contributed by atoms with van der Waals surface area (Å²) in [5, 5.41) is 0. The van der Waals surface area contributed by atoms with Crippen molar-refractivity contribution in [2.24, 2.45) is 0 Å². The van der Waals surface area contributed by atoms with Gasteiger partial charge in [0.05, 0.1) is 0 Å². The fraction of sp³-hybridized carbons (Fsp3) is 1.00. The first kappa shape index (κ1) is 16.6. The molecule has 0 unspecified atom stereocenters. The average Bonchev–Trinajstić information content (AvgIpc) is 2.29. The normalized spacial score (nSPS) is 12.0. The minimum absolute atomic E-state index is 1.05. The molecule has 15 heavy (non-hydrogen) atoms. The molecule has 0 bridgehead atoms. The predicted octanol–water partition coefficient (Wildman–Crippen LogP) is 4.16. The summed E-state index contributed by atoms with van der Waals surface area (Å²) in [6.45, 7) is 6.92. The van der Waals surface area contributed by atoms with Crippen LogP contribution in [-0.2, 0) is 1.41 Å². The van der Waals surface area contributed by atoms with Crippen LogP contribution in [0.5, 0.6) is 0 Å². The zero-order valence-corrected chi connectivity index (χ0v) is 17.0. The molecule has 0 aromatic carbocycles. The van der Waals surface area contributed by atoms with Crippen molar-refractivity contribution < 1.29 is 1.41 Å². The summed E-state index contributed by atoms with van der Waals surface area (Å²) >= 11 is -1.00. The third-order valence-corrected chi connectivity index (χ3v) is 25.0. The first-order valence-electron chi connectivity index (χ1n) is 6.62. The van der Waals surface area contributed by atoms with Gasteiger partial charge in [0.15, 0.2) is 0 Å². The van der Waals surface area contributed by atoms with Crippen molar-refractivity contribution in [3.8, 4) is 0 Å². The summed E-state index contributed by atoms with van der Waals surface area (Å²) < 4.78 is 10.7. The molecule has 0 aromatic heterocycles. The first-order valence-corrected chi connectivity index (χ1v) is 15.2. The van der Waals surface area contributed by atoms with Crippen LogP contribution in [0.15, 0.2) is 0 Å². The average molecular weight is 426 g/mol. The van der Waals surface area contributed by atoms with Gasteiger partial charge in [-0.3, -0.25) is 0 Å². The van der Waals surface area contributed by atoms with Gasteiger partial charge in [0.25, 0.3) is 0 Å². The molecule has 0 amide bonds. The Bertz CT molecular complexity index is 118. The maximum atomic E-state index is 6.18. The van der Waals surface area contributed by atoms with Crippen molar-refractivity contribution in [1.82, 2.24) is 0 Å². The topological polar surface area (TPSA) is 9.23 Å². The number of unbranched alkanes of at least 4 members (excludes halogenated alkanes) is 3. The quantitative estimate of drug-likeness (QED) is 0.478. The second-order valence-electron chi connectivity index (χ2n) is 4.61. The van der Waals surface area contributed by atoms with Crippen LogP contribution in [0.1, 0.15) is 59.3 Å². The van der Waals surface area contributed by atoms with Crippen LogP contribution in [0.2, 0.25) is 13.3 Å². The van der Waals surface area contributed by atoms with E-state index in [1.54, 1.807) is 0 Å². The monoisotopic (exact) mass is 428 g/mol. The Hall–Kier alpha value is 1.56.